The second-order valence-corrected chi connectivity index (χ2v) is 9.65. The van der Waals surface area contributed by atoms with Gasteiger partial charge in [0.1, 0.15) is 0 Å². The number of nitrogens with one attached hydrogen (secondary N) is 3. The van der Waals surface area contributed by atoms with Crippen molar-refractivity contribution in [3.63, 3.8) is 0 Å². The highest BCUT2D eigenvalue weighted by atomic mass is 15.0. The van der Waals surface area contributed by atoms with Crippen molar-refractivity contribution in [3.05, 3.63) is 108 Å². The normalized spacial score (nSPS) is 13.1. The second kappa shape index (κ2) is 12.0. The van der Waals surface area contributed by atoms with Crippen LogP contribution in [0.5, 0.6) is 0 Å². The van der Waals surface area contributed by atoms with Gasteiger partial charge in [0.2, 0.25) is 0 Å². The van der Waals surface area contributed by atoms with Crippen LogP contribution in [0.15, 0.2) is 91.4 Å². The fourth-order valence-electron chi connectivity index (χ4n) is 4.19. The van der Waals surface area contributed by atoms with Crippen LogP contribution in [0.2, 0.25) is 0 Å². The summed E-state index contributed by atoms with van der Waals surface area (Å²) < 4.78 is 0. The summed E-state index contributed by atoms with van der Waals surface area (Å²) in [6.07, 6.45) is 0.653. The summed E-state index contributed by atoms with van der Waals surface area (Å²) in [6, 6.07) is 20.4. The van der Waals surface area contributed by atoms with E-state index < -0.39 is 0 Å². The number of fused-ring (bicyclic) bond motifs is 1. The Kier molecular flexibility index (Phi) is 8.86. The highest BCUT2D eigenvalue weighted by Crippen LogP contribution is 2.29. The number of hydrogen-bond acceptors (Lipinski definition) is 6. The minimum Gasteiger partial charge on any atom is -0.398 e. The van der Waals surface area contributed by atoms with Gasteiger partial charge in [-0.2, -0.15) is 5.26 Å². The Balaban J connectivity index is 1.79. The molecule has 0 spiro atoms. The van der Waals surface area contributed by atoms with Gasteiger partial charge in [-0.05, 0) is 60.4 Å². The maximum Gasteiger partial charge on any atom is 0.0907 e. The molecular weight excluding hydrogens is 456 g/mol. The first kappa shape index (κ1) is 27.2. The molecular formula is C31H38N6. The Bertz CT molecular complexity index is 1320. The minimum absolute atomic E-state index is 0.0151. The summed E-state index contributed by atoms with van der Waals surface area (Å²) >= 11 is 0. The van der Waals surface area contributed by atoms with E-state index in [1.54, 1.807) is 0 Å². The number of anilines is 2. The van der Waals surface area contributed by atoms with E-state index in [9.17, 15) is 0 Å². The molecule has 192 valence electrons. The predicted molar refractivity (Wildman–Crippen MR) is 156 cm³/mol. The summed E-state index contributed by atoms with van der Waals surface area (Å²) in [5, 5.41) is 21.8. The molecule has 3 rings (SSSR count). The molecule has 0 aliphatic heterocycles. The van der Waals surface area contributed by atoms with Crippen molar-refractivity contribution in [2.75, 3.05) is 18.0 Å². The molecule has 7 N–H and O–H groups in total. The highest BCUT2D eigenvalue weighted by molar-refractivity contribution is 5.85. The van der Waals surface area contributed by atoms with Gasteiger partial charge in [-0.3, -0.25) is 0 Å². The summed E-state index contributed by atoms with van der Waals surface area (Å²) in [4.78, 5) is 0. The van der Waals surface area contributed by atoms with Gasteiger partial charge in [-0.25, -0.2) is 0 Å². The minimum atomic E-state index is -0.323. The second-order valence-electron chi connectivity index (χ2n) is 9.65. The Morgan fingerprint density at radius 3 is 2.27 bits per heavy atom. The topological polar surface area (TPSA) is 112 Å². The zero-order valence-corrected chi connectivity index (χ0v) is 22.1. The van der Waals surface area contributed by atoms with E-state index in [0.29, 0.717) is 24.3 Å². The van der Waals surface area contributed by atoms with Gasteiger partial charge in [-0.1, -0.05) is 62.2 Å². The number of nitrogens with two attached hydrogens (primary N) is 2. The van der Waals surface area contributed by atoms with Gasteiger partial charge in [0.15, 0.2) is 0 Å². The first-order valence-corrected chi connectivity index (χ1v) is 12.4. The maximum atomic E-state index is 9.16. The van der Waals surface area contributed by atoms with Crippen molar-refractivity contribution in [1.82, 2.24) is 16.0 Å². The van der Waals surface area contributed by atoms with Gasteiger partial charge in [0, 0.05) is 40.9 Å². The smallest absolute Gasteiger partial charge is 0.0907 e. The lowest BCUT2D eigenvalue weighted by Gasteiger charge is -2.27. The molecule has 0 saturated carbocycles. The number of rotatable bonds is 12. The van der Waals surface area contributed by atoms with Crippen LogP contribution in [0.4, 0.5) is 11.4 Å². The van der Waals surface area contributed by atoms with Gasteiger partial charge in [0.25, 0.3) is 0 Å². The number of nitrogen functional groups attached to an aromatic ring is 2. The summed E-state index contributed by atoms with van der Waals surface area (Å²) in [5.74, 6) is -0.134. The molecule has 0 aromatic heterocycles. The lowest BCUT2D eigenvalue weighted by molar-refractivity contribution is 0.500. The van der Waals surface area contributed by atoms with E-state index in [1.807, 2.05) is 45.0 Å². The molecule has 0 heterocycles. The SMILES string of the molecule is C=C(Cc1cccc2ccccc12)NC(C(=C)NCC(=C)NC(C)C(C)C#N)c1cc(N)c(C)c(N)c1. The number of nitrogens with zero attached hydrogens (tertiary/aromatic N) is 1. The van der Waals surface area contributed by atoms with Crippen molar-refractivity contribution < 1.29 is 0 Å². The third kappa shape index (κ3) is 6.86. The third-order valence-corrected chi connectivity index (χ3v) is 6.74. The molecule has 0 aliphatic carbocycles. The lowest BCUT2D eigenvalue weighted by atomic mass is 9.98. The number of benzene rings is 3. The Hall–Kier alpha value is -4.37. The van der Waals surface area contributed by atoms with E-state index >= 15 is 0 Å². The molecule has 0 saturated heterocycles. The third-order valence-electron chi connectivity index (χ3n) is 6.74. The zero-order valence-electron chi connectivity index (χ0n) is 22.1. The van der Waals surface area contributed by atoms with E-state index in [4.69, 9.17) is 16.7 Å². The molecule has 3 atom stereocenters. The monoisotopic (exact) mass is 494 g/mol. The Morgan fingerprint density at radius 2 is 1.59 bits per heavy atom. The van der Waals surface area contributed by atoms with E-state index in [1.165, 1.54) is 16.3 Å². The van der Waals surface area contributed by atoms with Gasteiger partial charge in [0.05, 0.1) is 24.6 Å². The first-order chi connectivity index (χ1) is 17.6. The van der Waals surface area contributed by atoms with Crippen molar-refractivity contribution in [2.45, 2.75) is 39.3 Å². The fraction of sp³-hybridized carbons (Fsp3) is 0.258. The van der Waals surface area contributed by atoms with E-state index in [2.05, 4.69) is 72.1 Å². The largest absolute Gasteiger partial charge is 0.398 e. The molecule has 0 radical (unpaired) electrons. The van der Waals surface area contributed by atoms with Crippen LogP contribution in [0.3, 0.4) is 0 Å². The van der Waals surface area contributed by atoms with Gasteiger partial charge in [-0.15, -0.1) is 0 Å². The maximum absolute atomic E-state index is 9.16. The molecule has 3 aromatic rings. The van der Waals surface area contributed by atoms with Crippen molar-refractivity contribution >= 4 is 22.1 Å². The average Bonchev–Trinajstić information content (AvgIpc) is 2.88. The van der Waals surface area contributed by atoms with Crippen LogP contribution in [-0.4, -0.2) is 12.6 Å². The standard InChI is InChI=1S/C31H38N6/c1-19(17-32)23(5)36-21(3)18-35-24(6)31(27-15-29(33)22(4)30(34)16-27)37-20(2)14-26-12-9-11-25-10-7-8-13-28(25)26/h7-13,15-16,19,23,31,35-37H,2-3,6,14,18,33-34H2,1,4-5H3. The molecule has 6 nitrogen and oxygen atoms in total. The van der Waals surface area contributed by atoms with Gasteiger partial charge >= 0.3 is 0 Å². The first-order valence-electron chi connectivity index (χ1n) is 12.4. The van der Waals surface area contributed by atoms with Gasteiger partial charge < -0.3 is 27.4 Å². The quantitative estimate of drug-likeness (QED) is 0.214. The van der Waals surface area contributed by atoms with E-state index in [-0.39, 0.29) is 18.0 Å². The summed E-state index contributed by atoms with van der Waals surface area (Å²) in [5.41, 5.74) is 19.1. The zero-order chi connectivity index (χ0) is 27.1. The fourth-order valence-corrected chi connectivity index (χ4v) is 4.19. The number of hydrogen-bond donors (Lipinski definition) is 5. The summed E-state index contributed by atoms with van der Waals surface area (Å²) in [7, 11) is 0. The Morgan fingerprint density at radius 1 is 0.946 bits per heavy atom. The lowest BCUT2D eigenvalue weighted by Crippen LogP contribution is -2.36. The predicted octanol–water partition coefficient (Wildman–Crippen LogP) is 5.45. The van der Waals surface area contributed by atoms with E-state index in [0.717, 1.165) is 28.2 Å². The molecule has 3 aromatic carbocycles. The van der Waals surface area contributed by atoms with Crippen LogP contribution in [-0.2, 0) is 6.42 Å². The molecule has 0 bridgehead atoms. The molecule has 6 heteroatoms. The van der Waals surface area contributed by atoms with Crippen LogP contribution in [0.1, 0.15) is 36.6 Å². The van der Waals surface area contributed by atoms with Crippen LogP contribution in [0, 0.1) is 24.2 Å². The van der Waals surface area contributed by atoms with Crippen LogP contribution in [0.25, 0.3) is 10.8 Å². The van der Waals surface area contributed by atoms with Crippen LogP contribution >= 0.6 is 0 Å². The number of nitriles is 1. The molecule has 0 amide bonds. The molecule has 0 aliphatic rings. The van der Waals surface area contributed by atoms with Crippen LogP contribution < -0.4 is 27.4 Å². The van der Waals surface area contributed by atoms with Crippen molar-refractivity contribution in [1.29, 1.82) is 5.26 Å². The Labute approximate surface area is 220 Å². The molecule has 3 unspecified atom stereocenters. The van der Waals surface area contributed by atoms with Crippen molar-refractivity contribution in [2.24, 2.45) is 5.92 Å². The highest BCUT2D eigenvalue weighted by Gasteiger charge is 2.19. The molecule has 0 fully saturated rings. The molecule has 37 heavy (non-hydrogen) atoms. The average molecular weight is 495 g/mol. The van der Waals surface area contributed by atoms with Crippen molar-refractivity contribution in [3.8, 4) is 6.07 Å². The number of allylic oxidation sites excluding steroid dienone is 1. The summed E-state index contributed by atoms with van der Waals surface area (Å²) in [6.45, 7) is 18.9.